The summed E-state index contributed by atoms with van der Waals surface area (Å²) in [5, 5.41) is 26.2. The van der Waals surface area contributed by atoms with Crippen LogP contribution in [0.3, 0.4) is 0 Å². The molecule has 0 aromatic heterocycles. The second kappa shape index (κ2) is 15.6. The third-order valence-corrected chi connectivity index (χ3v) is 12.2. The maximum Gasteiger partial charge on any atom is 0.408 e. The Hall–Kier alpha value is -4.03. The first-order valence-electron chi connectivity index (χ1n) is 18.7. The van der Waals surface area contributed by atoms with E-state index in [1.165, 1.54) is 61.0 Å². The molecule has 11 atom stereocenters. The van der Waals surface area contributed by atoms with E-state index in [0.717, 1.165) is 0 Å². The highest BCUT2D eigenvalue weighted by molar-refractivity contribution is 5.94. The van der Waals surface area contributed by atoms with Crippen molar-refractivity contribution in [3.8, 4) is 0 Å². The minimum absolute atomic E-state index is 0.0684. The minimum Gasteiger partial charge on any atom is -0.456 e. The van der Waals surface area contributed by atoms with Crippen molar-refractivity contribution in [2.75, 3.05) is 20.8 Å². The Balaban J connectivity index is 1.71. The molecule has 1 aromatic rings. The molecule has 1 aromatic carbocycles. The van der Waals surface area contributed by atoms with Gasteiger partial charge >= 0.3 is 24.0 Å². The number of amides is 1. The molecule has 5 rings (SSSR count). The summed E-state index contributed by atoms with van der Waals surface area (Å²) in [7, 11) is 2.65. The number of esters is 3. The summed E-state index contributed by atoms with van der Waals surface area (Å²) >= 11 is 0. The van der Waals surface area contributed by atoms with Gasteiger partial charge in [-0.2, -0.15) is 0 Å². The average molecular weight is 810 g/mol. The Bertz CT molecular complexity index is 1780. The number of benzene rings is 1. The van der Waals surface area contributed by atoms with Gasteiger partial charge in [0.2, 0.25) is 0 Å². The molecule has 17 heteroatoms. The molecule has 1 heterocycles. The lowest BCUT2D eigenvalue weighted by Crippen LogP contribution is -2.82. The zero-order valence-electron chi connectivity index (χ0n) is 33.8. The van der Waals surface area contributed by atoms with Crippen LogP contribution in [-0.4, -0.2) is 127 Å². The molecule has 1 saturated heterocycles. The van der Waals surface area contributed by atoms with Crippen molar-refractivity contribution in [2.45, 2.75) is 134 Å². The number of methoxy groups -OCH3 is 2. The zero-order chi connectivity index (χ0) is 42.6. The molecule has 2 saturated carbocycles. The number of halogens is 2. The van der Waals surface area contributed by atoms with Crippen LogP contribution < -0.4 is 5.32 Å². The van der Waals surface area contributed by atoms with Crippen LogP contribution in [-0.2, 0) is 47.5 Å². The number of fused-ring (bicyclic) bond motifs is 5. The number of hydrogen-bond donors (Lipinski definition) is 3. The van der Waals surface area contributed by atoms with Crippen molar-refractivity contribution in [1.29, 1.82) is 0 Å². The van der Waals surface area contributed by atoms with Crippen molar-refractivity contribution < 1.29 is 76.1 Å². The van der Waals surface area contributed by atoms with Crippen molar-refractivity contribution >= 4 is 29.8 Å². The fourth-order valence-electron chi connectivity index (χ4n) is 9.36. The van der Waals surface area contributed by atoms with Crippen molar-refractivity contribution in [1.82, 2.24) is 5.32 Å². The van der Waals surface area contributed by atoms with Crippen molar-refractivity contribution in [3.63, 3.8) is 0 Å². The van der Waals surface area contributed by atoms with Crippen molar-refractivity contribution in [2.24, 2.45) is 16.7 Å². The van der Waals surface area contributed by atoms with Gasteiger partial charge in [-0.1, -0.05) is 32.0 Å². The Morgan fingerprint density at radius 1 is 1.02 bits per heavy atom. The smallest absolute Gasteiger partial charge is 0.408 e. The Morgan fingerprint density at radius 2 is 1.65 bits per heavy atom. The van der Waals surface area contributed by atoms with Crippen LogP contribution in [0.2, 0.25) is 0 Å². The summed E-state index contributed by atoms with van der Waals surface area (Å²) in [4.78, 5) is 68.5. The number of alkyl carbamates (subject to hydrolysis) is 1. The van der Waals surface area contributed by atoms with Gasteiger partial charge in [-0.15, -0.1) is 0 Å². The van der Waals surface area contributed by atoms with Gasteiger partial charge in [0.25, 0.3) is 6.43 Å². The minimum atomic E-state index is -3.47. The summed E-state index contributed by atoms with van der Waals surface area (Å²) in [6, 6.07) is 5.35. The Morgan fingerprint density at radius 3 is 2.16 bits per heavy atom. The number of Topliss-reactive ketones (excluding diaryl/α,β-unsaturated/α-hetero) is 1. The number of carbonyl (C=O) groups excluding carboxylic acids is 5. The molecule has 3 N–H and O–H groups in total. The van der Waals surface area contributed by atoms with Gasteiger partial charge in [0.1, 0.15) is 41.7 Å². The maximum absolute atomic E-state index is 15.4. The molecule has 0 radical (unpaired) electrons. The SMILES string of the molecule is CO[C@H]1C(=O)[C@]2(C)[C@@H](OC)C[C@H]3OC[C@@]3(OC(C)=O)[C@H]2[C@H](OC(=O)c2ccccc2)[C@]2(O)C[C@H](OC(=O)[C@H](O)[C@@H](NC(=O)OC(C)(C)C)C(F)F)C(C)=C1C2(C)C. The van der Waals surface area contributed by atoms with Crippen LogP contribution in [0.4, 0.5) is 13.6 Å². The third kappa shape index (κ3) is 7.45. The highest BCUT2D eigenvalue weighted by Crippen LogP contribution is 2.64. The number of carbonyl (C=O) groups is 5. The number of aliphatic hydroxyl groups is 2. The predicted octanol–water partition coefficient (Wildman–Crippen LogP) is 3.46. The Labute approximate surface area is 329 Å². The normalized spacial score (nSPS) is 34.3. The largest absolute Gasteiger partial charge is 0.456 e. The molecular weight excluding hydrogens is 756 g/mol. The van der Waals surface area contributed by atoms with E-state index in [1.54, 1.807) is 39.0 Å². The van der Waals surface area contributed by atoms with Crippen molar-refractivity contribution in [3.05, 3.63) is 47.0 Å². The molecule has 0 unspecified atom stereocenters. The molecular formula is C40H53F2NO14. The van der Waals surface area contributed by atoms with E-state index in [1.807, 2.05) is 5.32 Å². The quantitative estimate of drug-likeness (QED) is 0.176. The number of nitrogens with one attached hydrogen (secondary N) is 1. The average Bonchev–Trinajstić information content (AvgIpc) is 3.11. The van der Waals surface area contributed by atoms with Gasteiger partial charge in [-0.05, 0) is 57.9 Å². The first-order chi connectivity index (χ1) is 26.4. The Kier molecular flexibility index (Phi) is 12.1. The van der Waals surface area contributed by atoms with Gasteiger partial charge in [0.05, 0.1) is 29.6 Å². The molecule has 316 valence electrons. The van der Waals surface area contributed by atoms with Crippen LogP contribution >= 0.6 is 0 Å². The van der Waals surface area contributed by atoms with E-state index >= 15 is 4.79 Å². The topological polar surface area (TPSA) is 202 Å². The lowest BCUT2D eigenvalue weighted by Gasteiger charge is -2.67. The summed E-state index contributed by atoms with van der Waals surface area (Å²) in [6.45, 7) is 11.6. The van der Waals surface area contributed by atoms with Gasteiger partial charge in [0.15, 0.2) is 17.5 Å². The summed E-state index contributed by atoms with van der Waals surface area (Å²) in [5.74, 6) is -5.26. The molecule has 3 fully saturated rings. The molecule has 2 bridgehead atoms. The van der Waals surface area contributed by atoms with Gasteiger partial charge < -0.3 is 48.7 Å². The fraction of sp³-hybridized carbons (Fsp3) is 0.675. The molecule has 1 aliphatic heterocycles. The number of ether oxygens (including phenoxy) is 7. The molecule has 15 nitrogen and oxygen atoms in total. The monoisotopic (exact) mass is 809 g/mol. The lowest BCUT2D eigenvalue weighted by atomic mass is 9.44. The zero-order valence-corrected chi connectivity index (χ0v) is 33.8. The third-order valence-electron chi connectivity index (χ3n) is 12.2. The second-order valence-electron chi connectivity index (χ2n) is 17.0. The summed E-state index contributed by atoms with van der Waals surface area (Å²) in [6.07, 6.45) is -14.6. The highest BCUT2D eigenvalue weighted by atomic mass is 19.3. The number of aliphatic hydroxyl groups excluding tert-OH is 1. The molecule has 57 heavy (non-hydrogen) atoms. The molecule has 4 aliphatic rings. The van der Waals surface area contributed by atoms with E-state index in [2.05, 4.69) is 0 Å². The fourth-order valence-corrected chi connectivity index (χ4v) is 9.36. The van der Waals surface area contributed by atoms with Gasteiger partial charge in [-0.25, -0.2) is 23.2 Å². The van der Waals surface area contributed by atoms with Crippen LogP contribution in [0.15, 0.2) is 41.5 Å². The van der Waals surface area contributed by atoms with Crippen LogP contribution in [0.1, 0.15) is 78.6 Å². The second-order valence-corrected chi connectivity index (χ2v) is 17.0. The summed E-state index contributed by atoms with van der Waals surface area (Å²) < 4.78 is 69.6. The molecule has 3 aliphatic carbocycles. The summed E-state index contributed by atoms with van der Waals surface area (Å²) in [5.41, 5.74) is -8.01. The van der Waals surface area contributed by atoms with Crippen LogP contribution in [0.25, 0.3) is 0 Å². The van der Waals surface area contributed by atoms with Crippen LogP contribution in [0.5, 0.6) is 0 Å². The number of rotatable bonds is 10. The standard InChI is InChI=1S/C40H53F2NO14/c1-19-22(54-34(48)27(45)26(32(41)42)43-35(49)57-36(3,4)5)17-40(50)31(55-33(47)21-14-12-11-13-15-21)29-38(8,30(46)28(52-10)25(19)37(40,6)7)23(51-9)16-24-39(29,18-53-24)56-20(2)44/h11-15,22-24,26-29,31-32,45,50H,16-18H2,1-10H3,(H,43,49)/t22-,23-,24+,26+,27+,28+,29-,31-,38+,39-,40+/m0/s1. The van der Waals surface area contributed by atoms with E-state index in [4.69, 9.17) is 33.2 Å². The lowest BCUT2D eigenvalue weighted by molar-refractivity contribution is -0.347. The van der Waals surface area contributed by atoms with Crippen LogP contribution in [0, 0.1) is 16.7 Å². The van der Waals surface area contributed by atoms with Gasteiger partial charge in [0, 0.05) is 39.4 Å². The first-order valence-corrected chi connectivity index (χ1v) is 18.7. The predicted molar refractivity (Wildman–Crippen MR) is 194 cm³/mol. The van der Waals surface area contributed by atoms with Gasteiger partial charge in [-0.3, -0.25) is 9.59 Å². The van der Waals surface area contributed by atoms with E-state index < -0.39 is 119 Å². The molecule has 0 spiro atoms. The first kappa shape index (κ1) is 44.1. The number of hydrogen-bond acceptors (Lipinski definition) is 14. The van der Waals surface area contributed by atoms with E-state index in [0.29, 0.717) is 0 Å². The maximum atomic E-state index is 15.4. The highest BCUT2D eigenvalue weighted by Gasteiger charge is 2.78. The van der Waals surface area contributed by atoms with E-state index in [9.17, 15) is 38.2 Å². The number of alkyl halides is 2. The number of ketones is 1. The van der Waals surface area contributed by atoms with E-state index in [-0.39, 0.29) is 29.7 Å². The molecule has 1 amide bonds.